The van der Waals surface area contributed by atoms with Crippen LogP contribution in [0.1, 0.15) is 49.9 Å². The maximum atomic E-state index is 7.32. The van der Waals surface area contributed by atoms with E-state index in [0.717, 1.165) is 94.0 Å². The van der Waals surface area contributed by atoms with Crippen LogP contribution in [0.2, 0.25) is 0 Å². The standard InChI is InChI=1S/C60H41NO3/c1-59(2)45-20-9-5-14-36(45)38-26-24-34(32-47(38)59)61(35-25-27-39-37-15-6-10-21-46(37)60(3,4)48(39)33-35)49-29-28-41(43-19-13-18-42-40-16-7-11-22-50(40)63-57(42)43)55-56-53(64-58(49)55)31-30-52-54(56)44-17-8-12-23-51(44)62-52/h5-33H,1-4H3. The highest BCUT2D eigenvalue weighted by molar-refractivity contribution is 6.30. The molecule has 304 valence electrons. The van der Waals surface area contributed by atoms with Crippen LogP contribution < -0.4 is 4.90 Å². The van der Waals surface area contributed by atoms with E-state index in [0.29, 0.717) is 0 Å². The molecule has 9 aromatic carbocycles. The van der Waals surface area contributed by atoms with E-state index in [1.54, 1.807) is 0 Å². The average Bonchev–Trinajstić information content (AvgIpc) is 4.11. The molecule has 0 atom stereocenters. The Morgan fingerprint density at radius 2 is 0.828 bits per heavy atom. The summed E-state index contributed by atoms with van der Waals surface area (Å²) in [5.41, 5.74) is 20.3. The molecule has 14 rings (SSSR count). The minimum atomic E-state index is -0.188. The highest BCUT2D eigenvalue weighted by Crippen LogP contribution is 2.55. The van der Waals surface area contributed by atoms with Crippen molar-refractivity contribution in [2.24, 2.45) is 0 Å². The number of hydrogen-bond donors (Lipinski definition) is 0. The highest BCUT2D eigenvalue weighted by Gasteiger charge is 2.38. The lowest BCUT2D eigenvalue weighted by Crippen LogP contribution is -2.18. The predicted molar refractivity (Wildman–Crippen MR) is 264 cm³/mol. The summed E-state index contributed by atoms with van der Waals surface area (Å²) in [4.78, 5) is 2.43. The molecule has 4 nitrogen and oxygen atoms in total. The molecule has 0 N–H and O–H groups in total. The Bertz CT molecular complexity index is 3880. The first-order chi connectivity index (χ1) is 31.3. The van der Waals surface area contributed by atoms with Gasteiger partial charge in [-0.2, -0.15) is 0 Å². The van der Waals surface area contributed by atoms with Crippen molar-refractivity contribution < 1.29 is 13.3 Å². The van der Waals surface area contributed by atoms with E-state index < -0.39 is 0 Å². The van der Waals surface area contributed by atoms with E-state index >= 15 is 0 Å². The average molecular weight is 824 g/mol. The molecular weight excluding hydrogens is 783 g/mol. The Balaban J connectivity index is 1.10. The molecule has 4 heteroatoms. The number of anilines is 3. The van der Waals surface area contributed by atoms with Gasteiger partial charge in [-0.1, -0.05) is 149 Å². The fourth-order valence-corrected chi connectivity index (χ4v) is 11.6. The first-order valence-electron chi connectivity index (χ1n) is 22.2. The van der Waals surface area contributed by atoms with Crippen LogP contribution in [0.5, 0.6) is 0 Å². The van der Waals surface area contributed by atoms with Gasteiger partial charge >= 0.3 is 0 Å². The number of benzene rings is 9. The molecule has 0 unspecified atom stereocenters. The Hall–Kier alpha value is -7.82. The van der Waals surface area contributed by atoms with Gasteiger partial charge in [0, 0.05) is 60.1 Å². The van der Waals surface area contributed by atoms with Crippen molar-refractivity contribution in [2.45, 2.75) is 38.5 Å². The molecule has 0 aliphatic heterocycles. The third kappa shape index (κ3) is 4.62. The largest absolute Gasteiger partial charge is 0.456 e. The van der Waals surface area contributed by atoms with Gasteiger partial charge in [-0.05, 0) is 105 Å². The third-order valence-electron chi connectivity index (χ3n) is 14.7. The van der Waals surface area contributed by atoms with Crippen molar-refractivity contribution in [3.8, 4) is 33.4 Å². The summed E-state index contributed by atoms with van der Waals surface area (Å²) in [6.07, 6.45) is 0. The van der Waals surface area contributed by atoms with Gasteiger partial charge in [0.2, 0.25) is 0 Å². The molecule has 0 saturated heterocycles. The zero-order valence-corrected chi connectivity index (χ0v) is 35.9. The molecule has 0 radical (unpaired) electrons. The first kappa shape index (κ1) is 35.7. The lowest BCUT2D eigenvalue weighted by atomic mass is 9.82. The second-order valence-electron chi connectivity index (χ2n) is 18.8. The Labute approximate surface area is 369 Å². The van der Waals surface area contributed by atoms with Crippen LogP contribution in [0.3, 0.4) is 0 Å². The minimum absolute atomic E-state index is 0.188. The van der Waals surface area contributed by atoms with E-state index in [4.69, 9.17) is 13.3 Å². The van der Waals surface area contributed by atoms with Gasteiger partial charge in [0.15, 0.2) is 5.58 Å². The van der Waals surface area contributed by atoms with Gasteiger partial charge in [0.05, 0.1) is 5.69 Å². The van der Waals surface area contributed by atoms with Gasteiger partial charge in [0.25, 0.3) is 0 Å². The van der Waals surface area contributed by atoms with E-state index in [1.807, 2.05) is 18.2 Å². The Morgan fingerprint density at radius 3 is 1.50 bits per heavy atom. The smallest absolute Gasteiger partial charge is 0.160 e. The molecule has 0 saturated carbocycles. The lowest BCUT2D eigenvalue weighted by Gasteiger charge is -2.30. The maximum Gasteiger partial charge on any atom is 0.160 e. The zero-order chi connectivity index (χ0) is 42.6. The summed E-state index contributed by atoms with van der Waals surface area (Å²) >= 11 is 0. The van der Waals surface area contributed by atoms with Crippen LogP contribution in [0.15, 0.2) is 189 Å². The number of rotatable bonds is 4. The summed E-state index contributed by atoms with van der Waals surface area (Å²) < 4.78 is 20.6. The van der Waals surface area contributed by atoms with Gasteiger partial charge in [-0.25, -0.2) is 0 Å². The molecule has 3 heterocycles. The van der Waals surface area contributed by atoms with E-state index in [-0.39, 0.29) is 10.8 Å². The quantitative estimate of drug-likeness (QED) is 0.177. The van der Waals surface area contributed by atoms with Crippen molar-refractivity contribution in [3.05, 3.63) is 198 Å². The molecule has 2 aliphatic carbocycles. The molecule has 2 aliphatic rings. The Morgan fingerprint density at radius 1 is 0.328 bits per heavy atom. The number of furan rings is 3. The van der Waals surface area contributed by atoms with Crippen molar-refractivity contribution >= 4 is 82.9 Å². The Kier molecular flexibility index (Phi) is 6.94. The minimum Gasteiger partial charge on any atom is -0.456 e. The second kappa shape index (κ2) is 12.4. The monoisotopic (exact) mass is 823 g/mol. The van der Waals surface area contributed by atoms with E-state index in [2.05, 4.69) is 190 Å². The summed E-state index contributed by atoms with van der Waals surface area (Å²) in [6, 6.07) is 63.6. The SMILES string of the molecule is CC1(C)c2ccccc2-c2ccc(N(c3ccc4c(c3)C(C)(C)c3ccccc3-4)c3ccc(-c4cccc5c4oc4ccccc45)c4c3oc3ccc5oc6ccccc6c5c34)cc21. The lowest BCUT2D eigenvalue weighted by molar-refractivity contribution is 0.659. The molecule has 0 bridgehead atoms. The highest BCUT2D eigenvalue weighted by atomic mass is 16.3. The fourth-order valence-electron chi connectivity index (χ4n) is 11.6. The second-order valence-corrected chi connectivity index (χ2v) is 18.8. The van der Waals surface area contributed by atoms with Crippen molar-refractivity contribution in [2.75, 3.05) is 4.90 Å². The van der Waals surface area contributed by atoms with Crippen molar-refractivity contribution in [3.63, 3.8) is 0 Å². The summed E-state index contributed by atoms with van der Waals surface area (Å²) in [5, 5.41) is 6.33. The van der Waals surface area contributed by atoms with Gasteiger partial charge in [0.1, 0.15) is 27.9 Å². The first-order valence-corrected chi connectivity index (χ1v) is 22.2. The van der Waals surface area contributed by atoms with E-state index in [9.17, 15) is 0 Å². The molecular formula is C60H41NO3. The molecule has 0 fully saturated rings. The number of hydrogen-bond acceptors (Lipinski definition) is 4. The van der Waals surface area contributed by atoms with Crippen LogP contribution in [-0.4, -0.2) is 0 Å². The fraction of sp³-hybridized carbons (Fsp3) is 0.100. The number of fused-ring (bicyclic) bond motifs is 16. The molecule has 0 spiro atoms. The maximum absolute atomic E-state index is 7.32. The topological polar surface area (TPSA) is 42.7 Å². The van der Waals surface area contributed by atoms with Crippen LogP contribution in [0, 0.1) is 0 Å². The zero-order valence-electron chi connectivity index (χ0n) is 35.9. The van der Waals surface area contributed by atoms with Crippen LogP contribution in [-0.2, 0) is 10.8 Å². The predicted octanol–water partition coefficient (Wildman–Crippen LogP) is 17.1. The van der Waals surface area contributed by atoms with Crippen molar-refractivity contribution in [1.29, 1.82) is 0 Å². The molecule has 64 heavy (non-hydrogen) atoms. The molecule has 3 aromatic heterocycles. The summed E-state index contributed by atoms with van der Waals surface area (Å²) in [6.45, 7) is 9.41. The van der Waals surface area contributed by atoms with Crippen LogP contribution in [0.25, 0.3) is 99.2 Å². The number of nitrogens with zero attached hydrogens (tertiary/aromatic N) is 1. The molecule has 0 amide bonds. The number of para-hydroxylation sites is 3. The van der Waals surface area contributed by atoms with Crippen molar-refractivity contribution in [1.82, 2.24) is 0 Å². The van der Waals surface area contributed by atoms with Gasteiger partial charge in [-0.3, -0.25) is 0 Å². The summed E-state index contributed by atoms with van der Waals surface area (Å²) in [7, 11) is 0. The van der Waals surface area contributed by atoms with Crippen LogP contribution in [0.4, 0.5) is 17.1 Å². The normalized spacial score (nSPS) is 14.5. The third-order valence-corrected chi connectivity index (χ3v) is 14.7. The van der Waals surface area contributed by atoms with Crippen LogP contribution >= 0.6 is 0 Å². The summed E-state index contributed by atoms with van der Waals surface area (Å²) in [5.74, 6) is 0. The van der Waals surface area contributed by atoms with Gasteiger partial charge in [-0.15, -0.1) is 0 Å². The van der Waals surface area contributed by atoms with E-state index in [1.165, 1.54) is 44.5 Å². The molecule has 12 aromatic rings. The van der Waals surface area contributed by atoms with Gasteiger partial charge < -0.3 is 18.2 Å².